The zero-order valence-electron chi connectivity index (χ0n) is 12.9. The van der Waals surface area contributed by atoms with Crippen LogP contribution in [0, 0.1) is 0 Å². The molecule has 0 aliphatic rings. The number of hydrogen-bond acceptors (Lipinski definition) is 3. The Balaban J connectivity index is 1.96. The lowest BCUT2D eigenvalue weighted by atomic mass is 10.2. The van der Waals surface area contributed by atoms with Crippen LogP contribution in [0.1, 0.15) is 13.8 Å². The van der Waals surface area contributed by atoms with Gasteiger partial charge >= 0.3 is 0 Å². The van der Waals surface area contributed by atoms with Crippen molar-refractivity contribution in [1.29, 1.82) is 0 Å². The van der Waals surface area contributed by atoms with Crippen molar-refractivity contribution in [3.05, 3.63) is 52.5 Å². The van der Waals surface area contributed by atoms with E-state index in [1.807, 2.05) is 32.0 Å². The molecule has 2 N–H and O–H groups in total. The summed E-state index contributed by atoms with van der Waals surface area (Å²) in [5, 5.41) is 6.73. The van der Waals surface area contributed by atoms with Gasteiger partial charge in [0.2, 0.25) is 5.91 Å². The first kappa shape index (κ1) is 17.4. The number of amides is 1. The highest BCUT2D eigenvalue weighted by atomic mass is 35.5. The number of carbonyl (C=O) groups is 1. The average Bonchev–Trinajstić information content (AvgIpc) is 2.50. The SMILES string of the molecule is CC(C)Oc1ccccc1NC(=O)CNc1ccc(Cl)c(Cl)c1. The van der Waals surface area contributed by atoms with Crippen molar-refractivity contribution in [2.45, 2.75) is 20.0 Å². The molecule has 0 unspecified atom stereocenters. The quantitative estimate of drug-likeness (QED) is 0.782. The fraction of sp³-hybridized carbons (Fsp3) is 0.235. The second kappa shape index (κ2) is 8.09. The van der Waals surface area contributed by atoms with E-state index in [1.165, 1.54) is 0 Å². The normalized spacial score (nSPS) is 10.5. The van der Waals surface area contributed by atoms with Crippen molar-refractivity contribution in [3.8, 4) is 5.75 Å². The van der Waals surface area contributed by atoms with Crippen molar-refractivity contribution >= 4 is 40.5 Å². The lowest BCUT2D eigenvalue weighted by Crippen LogP contribution is -2.22. The third kappa shape index (κ3) is 5.34. The van der Waals surface area contributed by atoms with Crippen LogP contribution in [0.15, 0.2) is 42.5 Å². The summed E-state index contributed by atoms with van der Waals surface area (Å²) < 4.78 is 5.67. The van der Waals surface area contributed by atoms with Crippen LogP contribution in [-0.4, -0.2) is 18.6 Å². The Morgan fingerprint density at radius 2 is 1.87 bits per heavy atom. The summed E-state index contributed by atoms with van der Waals surface area (Å²) in [5.41, 5.74) is 1.36. The lowest BCUT2D eigenvalue weighted by molar-refractivity contribution is -0.114. The molecule has 0 aromatic heterocycles. The number of benzene rings is 2. The van der Waals surface area contributed by atoms with Crippen LogP contribution < -0.4 is 15.4 Å². The number of hydrogen-bond donors (Lipinski definition) is 2. The first-order chi connectivity index (χ1) is 11.0. The summed E-state index contributed by atoms with van der Waals surface area (Å²) >= 11 is 11.8. The van der Waals surface area contributed by atoms with Gasteiger partial charge in [0.15, 0.2) is 0 Å². The maximum Gasteiger partial charge on any atom is 0.243 e. The summed E-state index contributed by atoms with van der Waals surface area (Å²) in [5.74, 6) is 0.460. The molecule has 122 valence electrons. The second-order valence-electron chi connectivity index (χ2n) is 5.19. The number of ether oxygens (including phenoxy) is 1. The molecule has 0 atom stereocenters. The van der Waals surface area contributed by atoms with Crippen molar-refractivity contribution in [2.24, 2.45) is 0 Å². The van der Waals surface area contributed by atoms with Crippen LogP contribution in [-0.2, 0) is 4.79 Å². The third-order valence-corrected chi connectivity index (χ3v) is 3.64. The Labute approximate surface area is 145 Å². The van der Waals surface area contributed by atoms with Crippen LogP contribution in [0.3, 0.4) is 0 Å². The van der Waals surface area contributed by atoms with Gasteiger partial charge in [-0.15, -0.1) is 0 Å². The third-order valence-electron chi connectivity index (χ3n) is 2.90. The smallest absolute Gasteiger partial charge is 0.243 e. The molecule has 23 heavy (non-hydrogen) atoms. The first-order valence-corrected chi connectivity index (χ1v) is 7.96. The summed E-state index contributed by atoms with van der Waals surface area (Å²) in [6, 6.07) is 12.4. The molecule has 0 fully saturated rings. The van der Waals surface area contributed by atoms with Crippen LogP contribution >= 0.6 is 23.2 Å². The topological polar surface area (TPSA) is 50.4 Å². The number of para-hydroxylation sites is 2. The van der Waals surface area contributed by atoms with E-state index < -0.39 is 0 Å². The van der Waals surface area contributed by atoms with E-state index in [1.54, 1.807) is 24.3 Å². The van der Waals surface area contributed by atoms with Gasteiger partial charge in [-0.2, -0.15) is 0 Å². The van der Waals surface area contributed by atoms with E-state index in [9.17, 15) is 4.79 Å². The zero-order valence-corrected chi connectivity index (χ0v) is 14.4. The van der Waals surface area contributed by atoms with Crippen LogP contribution in [0.2, 0.25) is 10.0 Å². The molecule has 2 aromatic carbocycles. The van der Waals surface area contributed by atoms with Crippen LogP contribution in [0.4, 0.5) is 11.4 Å². The molecule has 0 saturated heterocycles. The Hall–Kier alpha value is -1.91. The van der Waals surface area contributed by atoms with Crippen LogP contribution in [0.25, 0.3) is 0 Å². The average molecular weight is 353 g/mol. The van der Waals surface area contributed by atoms with E-state index in [2.05, 4.69) is 10.6 Å². The predicted molar refractivity (Wildman–Crippen MR) is 95.8 cm³/mol. The molecule has 0 bridgehead atoms. The van der Waals surface area contributed by atoms with Gasteiger partial charge in [-0.25, -0.2) is 0 Å². The molecule has 2 rings (SSSR count). The predicted octanol–water partition coefficient (Wildman–Crippen LogP) is 4.83. The molecule has 0 radical (unpaired) electrons. The minimum absolute atomic E-state index is 0.0300. The fourth-order valence-electron chi connectivity index (χ4n) is 1.91. The highest BCUT2D eigenvalue weighted by Gasteiger charge is 2.09. The maximum atomic E-state index is 12.1. The van der Waals surface area contributed by atoms with Gasteiger partial charge in [0.05, 0.1) is 28.4 Å². The van der Waals surface area contributed by atoms with Gasteiger partial charge in [-0.1, -0.05) is 35.3 Å². The van der Waals surface area contributed by atoms with E-state index >= 15 is 0 Å². The van der Waals surface area contributed by atoms with E-state index in [-0.39, 0.29) is 18.6 Å². The number of carbonyl (C=O) groups excluding carboxylic acids is 1. The van der Waals surface area contributed by atoms with Gasteiger partial charge in [0, 0.05) is 5.69 Å². The van der Waals surface area contributed by atoms with Crippen molar-refractivity contribution in [1.82, 2.24) is 0 Å². The number of nitrogens with one attached hydrogen (secondary N) is 2. The summed E-state index contributed by atoms with van der Waals surface area (Å²) in [7, 11) is 0. The number of halogens is 2. The minimum atomic E-state index is -0.184. The van der Waals surface area contributed by atoms with Gasteiger partial charge < -0.3 is 15.4 Å². The lowest BCUT2D eigenvalue weighted by Gasteiger charge is -2.15. The second-order valence-corrected chi connectivity index (χ2v) is 6.01. The molecule has 1 amide bonds. The summed E-state index contributed by atoms with van der Waals surface area (Å²) in [6.45, 7) is 3.98. The Bertz CT molecular complexity index is 690. The van der Waals surface area contributed by atoms with Gasteiger partial charge in [0.1, 0.15) is 5.75 Å². The van der Waals surface area contributed by atoms with Crippen LogP contribution in [0.5, 0.6) is 5.75 Å². The zero-order chi connectivity index (χ0) is 16.8. The fourth-order valence-corrected chi connectivity index (χ4v) is 2.21. The molecular formula is C17H18Cl2N2O2. The molecule has 0 saturated carbocycles. The molecule has 0 aliphatic carbocycles. The van der Waals surface area contributed by atoms with Crippen molar-refractivity contribution < 1.29 is 9.53 Å². The molecular weight excluding hydrogens is 335 g/mol. The number of anilines is 2. The molecule has 0 heterocycles. The molecule has 0 aliphatic heterocycles. The highest BCUT2D eigenvalue weighted by molar-refractivity contribution is 6.42. The van der Waals surface area contributed by atoms with Gasteiger partial charge in [0.25, 0.3) is 0 Å². The first-order valence-electron chi connectivity index (χ1n) is 7.20. The number of rotatable bonds is 6. The van der Waals surface area contributed by atoms with E-state index in [0.29, 0.717) is 21.5 Å². The van der Waals surface area contributed by atoms with Crippen molar-refractivity contribution in [3.63, 3.8) is 0 Å². The standard InChI is InChI=1S/C17H18Cl2N2O2/c1-11(2)23-16-6-4-3-5-15(16)21-17(22)10-20-12-7-8-13(18)14(19)9-12/h3-9,11,20H,10H2,1-2H3,(H,21,22). The Morgan fingerprint density at radius 1 is 1.13 bits per heavy atom. The summed E-state index contributed by atoms with van der Waals surface area (Å²) in [4.78, 5) is 12.1. The van der Waals surface area contributed by atoms with Gasteiger partial charge in [-0.05, 0) is 44.2 Å². The van der Waals surface area contributed by atoms with Gasteiger partial charge in [-0.3, -0.25) is 4.79 Å². The largest absolute Gasteiger partial charge is 0.489 e. The maximum absolute atomic E-state index is 12.1. The molecule has 4 nitrogen and oxygen atoms in total. The molecule has 0 spiro atoms. The molecule has 2 aromatic rings. The van der Waals surface area contributed by atoms with E-state index in [0.717, 1.165) is 5.69 Å². The van der Waals surface area contributed by atoms with Crippen molar-refractivity contribution in [2.75, 3.05) is 17.2 Å². The Kier molecular flexibility index (Phi) is 6.13. The molecule has 6 heteroatoms. The van der Waals surface area contributed by atoms with E-state index in [4.69, 9.17) is 27.9 Å². The highest BCUT2D eigenvalue weighted by Crippen LogP contribution is 2.26. The minimum Gasteiger partial charge on any atom is -0.489 e. The Morgan fingerprint density at radius 3 is 2.57 bits per heavy atom. The monoisotopic (exact) mass is 352 g/mol. The summed E-state index contributed by atoms with van der Waals surface area (Å²) in [6.07, 6.45) is 0.0300.